The number of rotatable bonds is 2. The molecule has 2 heterocycles. The van der Waals surface area contributed by atoms with Gasteiger partial charge in [0.25, 0.3) is 0 Å². The van der Waals surface area contributed by atoms with Crippen molar-refractivity contribution in [3.8, 4) is 0 Å². The van der Waals surface area contributed by atoms with Crippen molar-refractivity contribution < 1.29 is 0 Å². The van der Waals surface area contributed by atoms with Crippen LogP contribution in [-0.4, -0.2) is 15.2 Å². The maximum atomic E-state index is 3.97. The standard InChI is InChI=1S/C7H6N4S/c1-2-12-4-6(1)11-7-3-9-10-5-8-7/h1-5H,(H,8,10,11). The first-order valence-electron chi connectivity index (χ1n) is 3.37. The molecule has 2 aromatic rings. The first-order chi connectivity index (χ1) is 5.95. The van der Waals surface area contributed by atoms with Crippen molar-refractivity contribution >= 4 is 22.8 Å². The topological polar surface area (TPSA) is 50.7 Å². The molecule has 0 unspecified atom stereocenters. The van der Waals surface area contributed by atoms with Gasteiger partial charge in [0, 0.05) is 5.38 Å². The molecule has 12 heavy (non-hydrogen) atoms. The molecule has 0 spiro atoms. The summed E-state index contributed by atoms with van der Waals surface area (Å²) in [5.41, 5.74) is 1.03. The van der Waals surface area contributed by atoms with E-state index in [4.69, 9.17) is 0 Å². The highest BCUT2D eigenvalue weighted by atomic mass is 32.1. The Labute approximate surface area is 73.3 Å². The molecule has 0 fully saturated rings. The van der Waals surface area contributed by atoms with Gasteiger partial charge in [0.1, 0.15) is 6.33 Å². The van der Waals surface area contributed by atoms with E-state index in [0.717, 1.165) is 5.69 Å². The highest BCUT2D eigenvalue weighted by molar-refractivity contribution is 7.08. The summed E-state index contributed by atoms with van der Waals surface area (Å²) in [5.74, 6) is 0.711. The summed E-state index contributed by atoms with van der Waals surface area (Å²) in [4.78, 5) is 3.97. The smallest absolute Gasteiger partial charge is 0.152 e. The summed E-state index contributed by atoms with van der Waals surface area (Å²) in [7, 11) is 0. The molecule has 0 atom stereocenters. The van der Waals surface area contributed by atoms with Crippen LogP contribution in [0.1, 0.15) is 0 Å². The minimum atomic E-state index is 0.711. The normalized spacial score (nSPS) is 9.67. The number of aromatic nitrogens is 3. The van der Waals surface area contributed by atoms with Crippen LogP contribution in [0, 0.1) is 0 Å². The third-order valence-electron chi connectivity index (χ3n) is 1.29. The van der Waals surface area contributed by atoms with E-state index in [0.29, 0.717) is 5.82 Å². The Morgan fingerprint density at radius 3 is 3.00 bits per heavy atom. The van der Waals surface area contributed by atoms with E-state index < -0.39 is 0 Å². The van der Waals surface area contributed by atoms with E-state index in [2.05, 4.69) is 20.5 Å². The molecule has 0 aliphatic rings. The van der Waals surface area contributed by atoms with Gasteiger partial charge < -0.3 is 5.32 Å². The predicted octanol–water partition coefficient (Wildman–Crippen LogP) is 1.68. The maximum absolute atomic E-state index is 3.97. The monoisotopic (exact) mass is 178 g/mol. The first kappa shape index (κ1) is 7.17. The van der Waals surface area contributed by atoms with E-state index in [9.17, 15) is 0 Å². The van der Waals surface area contributed by atoms with Gasteiger partial charge in [-0.25, -0.2) is 4.98 Å². The molecule has 1 N–H and O–H groups in total. The molecule has 0 saturated carbocycles. The lowest BCUT2D eigenvalue weighted by atomic mass is 10.5. The van der Waals surface area contributed by atoms with E-state index >= 15 is 0 Å². The number of anilines is 2. The van der Waals surface area contributed by atoms with E-state index in [1.54, 1.807) is 17.5 Å². The van der Waals surface area contributed by atoms with E-state index in [1.807, 2.05) is 16.8 Å². The first-order valence-corrected chi connectivity index (χ1v) is 4.31. The van der Waals surface area contributed by atoms with Crippen LogP contribution in [0.15, 0.2) is 29.4 Å². The predicted molar refractivity (Wildman–Crippen MR) is 47.4 cm³/mol. The fraction of sp³-hybridized carbons (Fsp3) is 0. The van der Waals surface area contributed by atoms with Crippen LogP contribution in [-0.2, 0) is 0 Å². The van der Waals surface area contributed by atoms with Gasteiger partial charge in [0.15, 0.2) is 5.82 Å². The zero-order chi connectivity index (χ0) is 8.23. The van der Waals surface area contributed by atoms with Crippen molar-refractivity contribution in [3.63, 3.8) is 0 Å². The van der Waals surface area contributed by atoms with Crippen LogP contribution in [0.25, 0.3) is 0 Å². The lowest BCUT2D eigenvalue weighted by Crippen LogP contribution is -1.93. The fourth-order valence-corrected chi connectivity index (χ4v) is 1.38. The van der Waals surface area contributed by atoms with Crippen molar-refractivity contribution in [1.29, 1.82) is 0 Å². The van der Waals surface area contributed by atoms with Crippen molar-refractivity contribution in [2.75, 3.05) is 5.32 Å². The SMILES string of the molecule is c1nncc(Nc2ccsc2)n1. The average molecular weight is 178 g/mol. The van der Waals surface area contributed by atoms with Gasteiger partial charge in [0.05, 0.1) is 11.9 Å². The van der Waals surface area contributed by atoms with Crippen molar-refractivity contribution in [1.82, 2.24) is 15.2 Å². The molecule has 0 bridgehead atoms. The molecule has 0 radical (unpaired) electrons. The minimum absolute atomic E-state index is 0.711. The summed E-state index contributed by atoms with van der Waals surface area (Å²) < 4.78 is 0. The lowest BCUT2D eigenvalue weighted by molar-refractivity contribution is 0.973. The van der Waals surface area contributed by atoms with Crippen LogP contribution in [0.2, 0.25) is 0 Å². The summed E-state index contributed by atoms with van der Waals surface area (Å²) >= 11 is 1.63. The van der Waals surface area contributed by atoms with Crippen molar-refractivity contribution in [2.45, 2.75) is 0 Å². The third-order valence-corrected chi connectivity index (χ3v) is 1.97. The van der Waals surface area contributed by atoms with Crippen LogP contribution >= 0.6 is 11.3 Å². The van der Waals surface area contributed by atoms with E-state index in [-0.39, 0.29) is 0 Å². The zero-order valence-electron chi connectivity index (χ0n) is 6.14. The second-order valence-electron chi connectivity index (χ2n) is 2.13. The molecule has 0 aromatic carbocycles. The van der Waals surface area contributed by atoms with E-state index in [1.165, 1.54) is 6.33 Å². The van der Waals surface area contributed by atoms with Crippen molar-refractivity contribution in [3.05, 3.63) is 29.4 Å². The molecule has 0 amide bonds. The number of nitrogens with one attached hydrogen (secondary N) is 1. The average Bonchev–Trinajstić information content (AvgIpc) is 2.59. The number of hydrogen-bond donors (Lipinski definition) is 1. The Morgan fingerprint density at radius 2 is 2.33 bits per heavy atom. The second kappa shape index (κ2) is 3.27. The van der Waals surface area contributed by atoms with Gasteiger partial charge in [0.2, 0.25) is 0 Å². The molecule has 0 aliphatic carbocycles. The molecule has 0 saturated heterocycles. The number of thiophene rings is 1. The lowest BCUT2D eigenvalue weighted by Gasteiger charge is -1.98. The summed E-state index contributed by atoms with van der Waals surface area (Å²) in [6.45, 7) is 0. The molecular weight excluding hydrogens is 172 g/mol. The quantitative estimate of drug-likeness (QED) is 0.760. The van der Waals surface area contributed by atoms with Crippen molar-refractivity contribution in [2.24, 2.45) is 0 Å². The molecular formula is C7H6N4S. The molecule has 0 aliphatic heterocycles. The maximum Gasteiger partial charge on any atom is 0.152 e. The van der Waals surface area contributed by atoms with Gasteiger partial charge in [-0.15, -0.1) is 5.10 Å². The molecule has 60 valence electrons. The van der Waals surface area contributed by atoms with Gasteiger partial charge in [-0.1, -0.05) is 0 Å². The minimum Gasteiger partial charge on any atom is -0.338 e. The Balaban J connectivity index is 2.15. The van der Waals surface area contributed by atoms with Crippen LogP contribution in [0.4, 0.5) is 11.5 Å². The zero-order valence-corrected chi connectivity index (χ0v) is 6.95. The Hall–Kier alpha value is -1.49. The Morgan fingerprint density at radius 1 is 1.33 bits per heavy atom. The highest BCUT2D eigenvalue weighted by Gasteiger charge is 1.93. The molecule has 2 aromatic heterocycles. The van der Waals surface area contributed by atoms with Crippen LogP contribution < -0.4 is 5.32 Å². The second-order valence-corrected chi connectivity index (χ2v) is 2.91. The summed E-state index contributed by atoms with van der Waals surface area (Å²) in [6, 6.07) is 1.98. The highest BCUT2D eigenvalue weighted by Crippen LogP contribution is 2.15. The Kier molecular flexibility index (Phi) is 1.96. The fourth-order valence-electron chi connectivity index (χ4n) is 0.787. The number of hydrogen-bond acceptors (Lipinski definition) is 5. The molecule has 5 heteroatoms. The third kappa shape index (κ3) is 1.57. The van der Waals surface area contributed by atoms with Crippen LogP contribution in [0.3, 0.4) is 0 Å². The number of nitrogens with zero attached hydrogens (tertiary/aromatic N) is 3. The molecule has 2 rings (SSSR count). The van der Waals surface area contributed by atoms with Gasteiger partial charge in [-0.2, -0.15) is 16.4 Å². The largest absolute Gasteiger partial charge is 0.338 e. The molecule has 4 nitrogen and oxygen atoms in total. The summed E-state index contributed by atoms with van der Waals surface area (Å²) in [5, 5.41) is 14.3. The van der Waals surface area contributed by atoms with Gasteiger partial charge >= 0.3 is 0 Å². The Bertz CT molecular complexity index is 332. The van der Waals surface area contributed by atoms with Gasteiger partial charge in [-0.05, 0) is 11.4 Å². The van der Waals surface area contributed by atoms with Crippen LogP contribution in [0.5, 0.6) is 0 Å². The summed E-state index contributed by atoms with van der Waals surface area (Å²) in [6.07, 6.45) is 2.99. The van der Waals surface area contributed by atoms with Gasteiger partial charge in [-0.3, -0.25) is 0 Å².